The lowest BCUT2D eigenvalue weighted by Gasteiger charge is -2.12. The first-order valence-corrected chi connectivity index (χ1v) is 4.80. The Morgan fingerprint density at radius 3 is 3.00 bits per heavy atom. The van der Waals surface area contributed by atoms with Crippen LogP contribution in [0.2, 0.25) is 0 Å². The summed E-state index contributed by atoms with van der Waals surface area (Å²) >= 11 is 0. The van der Waals surface area contributed by atoms with E-state index in [-0.39, 0.29) is 6.10 Å². The second-order valence-corrected chi connectivity index (χ2v) is 3.29. The lowest BCUT2D eigenvalue weighted by molar-refractivity contribution is 0.102. The molecule has 0 aromatic carbocycles. The molecule has 0 amide bonds. The zero-order valence-electron chi connectivity index (χ0n) is 8.66. The summed E-state index contributed by atoms with van der Waals surface area (Å²) in [6.07, 6.45) is 6.31. The topological polar surface area (TPSA) is 27.1 Å². The fourth-order valence-electron chi connectivity index (χ4n) is 1.31. The van der Waals surface area contributed by atoms with Gasteiger partial charge in [0.15, 0.2) is 0 Å². The predicted octanol–water partition coefficient (Wildman–Crippen LogP) is 1.87. The fraction of sp³-hybridized carbons (Fsp3) is 0.700. The summed E-state index contributed by atoms with van der Waals surface area (Å²) in [4.78, 5) is 4.30. The van der Waals surface area contributed by atoms with Crippen molar-refractivity contribution in [2.75, 3.05) is 7.11 Å². The van der Waals surface area contributed by atoms with E-state index in [9.17, 15) is 0 Å². The van der Waals surface area contributed by atoms with Gasteiger partial charge in [-0.05, 0) is 13.3 Å². The highest BCUT2D eigenvalue weighted by atomic mass is 16.5. The molecule has 0 bridgehead atoms. The van der Waals surface area contributed by atoms with Crippen molar-refractivity contribution in [2.45, 2.75) is 39.3 Å². The van der Waals surface area contributed by atoms with Crippen LogP contribution in [0.3, 0.4) is 0 Å². The van der Waals surface area contributed by atoms with Gasteiger partial charge in [0.1, 0.15) is 5.82 Å². The SMILES string of the molecule is CCCc1nccn1CC(C)OC. The smallest absolute Gasteiger partial charge is 0.108 e. The molecule has 13 heavy (non-hydrogen) atoms. The van der Waals surface area contributed by atoms with E-state index in [0.29, 0.717) is 0 Å². The van der Waals surface area contributed by atoms with Gasteiger partial charge in [-0.3, -0.25) is 0 Å². The third-order valence-corrected chi connectivity index (χ3v) is 2.13. The van der Waals surface area contributed by atoms with E-state index in [0.717, 1.165) is 25.2 Å². The molecular formula is C10H18N2O. The fourth-order valence-corrected chi connectivity index (χ4v) is 1.31. The van der Waals surface area contributed by atoms with E-state index < -0.39 is 0 Å². The molecule has 1 rings (SSSR count). The first-order chi connectivity index (χ1) is 6.27. The number of hydrogen-bond donors (Lipinski definition) is 0. The van der Waals surface area contributed by atoms with E-state index in [2.05, 4.69) is 23.4 Å². The van der Waals surface area contributed by atoms with Crippen molar-refractivity contribution in [1.82, 2.24) is 9.55 Å². The molecule has 1 heterocycles. The first kappa shape index (κ1) is 10.3. The number of aromatic nitrogens is 2. The van der Waals surface area contributed by atoms with Gasteiger partial charge in [-0.1, -0.05) is 6.92 Å². The molecule has 0 aliphatic carbocycles. The maximum Gasteiger partial charge on any atom is 0.108 e. The summed E-state index contributed by atoms with van der Waals surface area (Å²) in [5, 5.41) is 0. The Morgan fingerprint density at radius 2 is 2.38 bits per heavy atom. The van der Waals surface area contributed by atoms with Crippen molar-refractivity contribution in [3.8, 4) is 0 Å². The van der Waals surface area contributed by atoms with Gasteiger partial charge in [0, 0.05) is 32.5 Å². The standard InChI is InChI=1S/C10H18N2O/c1-4-5-10-11-6-7-12(10)8-9(2)13-3/h6-7,9H,4-5,8H2,1-3H3. The minimum absolute atomic E-state index is 0.254. The van der Waals surface area contributed by atoms with E-state index >= 15 is 0 Å². The van der Waals surface area contributed by atoms with E-state index in [1.165, 1.54) is 0 Å². The molecular weight excluding hydrogens is 164 g/mol. The van der Waals surface area contributed by atoms with Gasteiger partial charge >= 0.3 is 0 Å². The Kier molecular flexibility index (Phi) is 3.96. The van der Waals surface area contributed by atoms with Gasteiger partial charge in [-0.2, -0.15) is 0 Å². The molecule has 0 aliphatic heterocycles. The zero-order chi connectivity index (χ0) is 9.68. The molecule has 0 radical (unpaired) electrons. The Labute approximate surface area is 79.7 Å². The van der Waals surface area contributed by atoms with E-state index in [1.807, 2.05) is 12.4 Å². The van der Waals surface area contributed by atoms with Crippen LogP contribution in [-0.4, -0.2) is 22.8 Å². The average molecular weight is 182 g/mol. The van der Waals surface area contributed by atoms with Gasteiger partial charge in [0.05, 0.1) is 6.10 Å². The quantitative estimate of drug-likeness (QED) is 0.695. The lowest BCUT2D eigenvalue weighted by atomic mass is 10.3. The monoisotopic (exact) mass is 182 g/mol. The number of aryl methyl sites for hydroxylation is 1. The van der Waals surface area contributed by atoms with Crippen molar-refractivity contribution in [1.29, 1.82) is 0 Å². The Hall–Kier alpha value is -0.830. The molecule has 74 valence electrons. The minimum atomic E-state index is 0.254. The molecule has 1 unspecified atom stereocenters. The van der Waals surface area contributed by atoms with Crippen molar-refractivity contribution >= 4 is 0 Å². The van der Waals surface area contributed by atoms with Gasteiger partial charge < -0.3 is 9.30 Å². The van der Waals surface area contributed by atoms with Crippen molar-refractivity contribution in [3.05, 3.63) is 18.2 Å². The van der Waals surface area contributed by atoms with E-state index in [1.54, 1.807) is 7.11 Å². The van der Waals surface area contributed by atoms with Crippen molar-refractivity contribution in [3.63, 3.8) is 0 Å². The number of hydrogen-bond acceptors (Lipinski definition) is 2. The highest BCUT2D eigenvalue weighted by Gasteiger charge is 2.05. The summed E-state index contributed by atoms with van der Waals surface area (Å²) in [7, 11) is 1.74. The van der Waals surface area contributed by atoms with Gasteiger partial charge in [0.25, 0.3) is 0 Å². The van der Waals surface area contributed by atoms with Gasteiger partial charge in [0.2, 0.25) is 0 Å². The van der Waals surface area contributed by atoms with Crippen LogP contribution >= 0.6 is 0 Å². The molecule has 1 aromatic rings. The van der Waals surface area contributed by atoms with Gasteiger partial charge in [-0.15, -0.1) is 0 Å². The Bertz CT molecular complexity index is 245. The lowest BCUT2D eigenvalue weighted by Crippen LogP contribution is -2.16. The minimum Gasteiger partial charge on any atom is -0.380 e. The van der Waals surface area contributed by atoms with Crippen LogP contribution in [0.4, 0.5) is 0 Å². The molecule has 0 fully saturated rings. The molecule has 0 aliphatic rings. The number of imidazole rings is 1. The Balaban J connectivity index is 2.59. The number of methoxy groups -OCH3 is 1. The maximum absolute atomic E-state index is 5.21. The second-order valence-electron chi connectivity index (χ2n) is 3.29. The first-order valence-electron chi connectivity index (χ1n) is 4.80. The van der Waals surface area contributed by atoms with Crippen LogP contribution in [0.25, 0.3) is 0 Å². The molecule has 3 heteroatoms. The summed E-state index contributed by atoms with van der Waals surface area (Å²) in [6, 6.07) is 0. The molecule has 0 spiro atoms. The highest BCUT2D eigenvalue weighted by Crippen LogP contribution is 2.03. The summed E-state index contributed by atoms with van der Waals surface area (Å²) in [5.41, 5.74) is 0. The van der Waals surface area contributed by atoms with Crippen molar-refractivity contribution < 1.29 is 4.74 Å². The summed E-state index contributed by atoms with van der Waals surface area (Å²) in [5.74, 6) is 1.16. The zero-order valence-corrected chi connectivity index (χ0v) is 8.66. The third-order valence-electron chi connectivity index (χ3n) is 2.13. The summed E-state index contributed by atoms with van der Waals surface area (Å²) in [6.45, 7) is 5.13. The molecule has 0 N–H and O–H groups in total. The van der Waals surface area contributed by atoms with Crippen LogP contribution in [0, 0.1) is 0 Å². The van der Waals surface area contributed by atoms with Gasteiger partial charge in [-0.25, -0.2) is 4.98 Å². The number of rotatable bonds is 5. The molecule has 1 aromatic heterocycles. The maximum atomic E-state index is 5.21. The average Bonchev–Trinajstić information content (AvgIpc) is 2.54. The molecule has 0 saturated heterocycles. The van der Waals surface area contributed by atoms with Crippen LogP contribution < -0.4 is 0 Å². The van der Waals surface area contributed by atoms with Crippen LogP contribution in [0.5, 0.6) is 0 Å². The van der Waals surface area contributed by atoms with Crippen molar-refractivity contribution in [2.24, 2.45) is 0 Å². The largest absolute Gasteiger partial charge is 0.380 e. The molecule has 1 atom stereocenters. The molecule has 3 nitrogen and oxygen atoms in total. The second kappa shape index (κ2) is 5.02. The number of nitrogens with zero attached hydrogens (tertiary/aromatic N) is 2. The summed E-state index contributed by atoms with van der Waals surface area (Å²) < 4.78 is 7.37. The van der Waals surface area contributed by atoms with E-state index in [4.69, 9.17) is 4.74 Å². The third kappa shape index (κ3) is 2.84. The van der Waals surface area contributed by atoms with Crippen LogP contribution in [0.15, 0.2) is 12.4 Å². The van der Waals surface area contributed by atoms with Crippen LogP contribution in [-0.2, 0) is 17.7 Å². The highest BCUT2D eigenvalue weighted by molar-refractivity contribution is 4.92. The van der Waals surface area contributed by atoms with Crippen LogP contribution in [0.1, 0.15) is 26.1 Å². The Morgan fingerprint density at radius 1 is 1.62 bits per heavy atom. The molecule has 0 saturated carbocycles. The predicted molar refractivity (Wildman–Crippen MR) is 52.7 cm³/mol. The normalized spacial score (nSPS) is 13.2. The number of ether oxygens (including phenoxy) is 1.